The Balaban J connectivity index is 0.00000144. The Hall–Kier alpha value is -1.16. The van der Waals surface area contributed by atoms with Crippen LogP contribution < -0.4 is 0 Å². The Morgan fingerprint density at radius 2 is 1.69 bits per heavy atom. The van der Waals surface area contributed by atoms with E-state index in [0.29, 0.717) is 0 Å². The summed E-state index contributed by atoms with van der Waals surface area (Å²) in [5.41, 5.74) is 0. The van der Waals surface area contributed by atoms with Gasteiger partial charge in [-0.1, -0.05) is 22.6 Å². The van der Waals surface area contributed by atoms with Crippen molar-refractivity contribution >= 4 is 28.5 Å². The molecular formula is C7H6ClNO3S. The van der Waals surface area contributed by atoms with Crippen LogP contribution in [0.2, 0.25) is 0 Å². The molecular weight excluding hydrogens is 214 g/mol. The van der Waals surface area contributed by atoms with Gasteiger partial charge in [-0.3, -0.25) is 0 Å². The normalized spacial score (nSPS) is 9.54. The highest BCUT2D eigenvalue weighted by Gasteiger charge is 2.10. The first-order valence-electron chi connectivity index (χ1n) is 3.06. The van der Waals surface area contributed by atoms with Crippen molar-refractivity contribution in [3.05, 3.63) is 30.3 Å². The first-order valence-corrected chi connectivity index (χ1v) is 4.50. The molecule has 0 spiro atoms. The van der Waals surface area contributed by atoms with E-state index < -0.39 is 10.0 Å². The van der Waals surface area contributed by atoms with Gasteiger partial charge in [0.15, 0.2) is 0 Å². The number of nitrogens with zero attached hydrogens (tertiary/aromatic N) is 1. The molecule has 4 nitrogen and oxygen atoms in total. The molecule has 6 heteroatoms. The summed E-state index contributed by atoms with van der Waals surface area (Å²) in [6, 6.07) is 7.48. The highest BCUT2D eigenvalue weighted by molar-refractivity contribution is 7.90. The number of halogens is 1. The summed E-state index contributed by atoms with van der Waals surface area (Å²) < 4.78 is 24.7. The van der Waals surface area contributed by atoms with E-state index in [9.17, 15) is 13.2 Å². The number of isocyanates is 1. The van der Waals surface area contributed by atoms with Crippen LogP contribution in [0.5, 0.6) is 0 Å². The Morgan fingerprint density at radius 1 is 1.15 bits per heavy atom. The average molecular weight is 220 g/mol. The van der Waals surface area contributed by atoms with Crippen LogP contribution in [0.4, 0.5) is 0 Å². The smallest absolute Gasteiger partial charge is 0.210 e. The van der Waals surface area contributed by atoms with Crippen molar-refractivity contribution in [2.45, 2.75) is 4.90 Å². The van der Waals surface area contributed by atoms with Gasteiger partial charge in [-0.15, -0.1) is 12.4 Å². The standard InChI is InChI=1S/C7H5NO3S.ClH/c9-6-8-12(10,11)7-4-2-1-3-5-7;/h1-5H;1H. The minimum Gasteiger partial charge on any atom is -0.210 e. The van der Waals surface area contributed by atoms with E-state index >= 15 is 0 Å². The van der Waals surface area contributed by atoms with Crippen LogP contribution in [-0.4, -0.2) is 14.5 Å². The number of hydrogen-bond acceptors (Lipinski definition) is 3. The average Bonchev–Trinajstić information content (AvgIpc) is 2.06. The van der Waals surface area contributed by atoms with E-state index in [2.05, 4.69) is 4.40 Å². The van der Waals surface area contributed by atoms with E-state index in [4.69, 9.17) is 0 Å². The van der Waals surface area contributed by atoms with Gasteiger partial charge >= 0.3 is 0 Å². The van der Waals surface area contributed by atoms with Crippen LogP contribution in [0.15, 0.2) is 39.6 Å². The second-order valence-corrected chi connectivity index (χ2v) is 3.57. The topological polar surface area (TPSA) is 63.6 Å². The molecule has 0 bridgehead atoms. The second-order valence-electron chi connectivity index (χ2n) is 1.97. The number of hydrogen-bond donors (Lipinski definition) is 0. The third-order valence-electron chi connectivity index (χ3n) is 1.20. The van der Waals surface area contributed by atoms with Crippen LogP contribution in [0.25, 0.3) is 0 Å². The molecule has 0 saturated carbocycles. The first kappa shape index (κ1) is 11.8. The molecule has 0 aromatic heterocycles. The molecule has 0 atom stereocenters. The zero-order valence-corrected chi connectivity index (χ0v) is 8.01. The molecule has 1 rings (SSSR count). The van der Waals surface area contributed by atoms with Crippen LogP contribution in [-0.2, 0) is 14.8 Å². The predicted octanol–water partition coefficient (Wildman–Crippen LogP) is 1.13. The van der Waals surface area contributed by atoms with Crippen molar-refractivity contribution in [2.24, 2.45) is 4.40 Å². The second kappa shape index (κ2) is 4.77. The molecule has 0 saturated heterocycles. The molecule has 1 aromatic carbocycles. The number of rotatable bonds is 2. The fraction of sp³-hybridized carbons (Fsp3) is 0. The first-order chi connectivity index (χ1) is 5.67. The van der Waals surface area contributed by atoms with E-state index in [1.165, 1.54) is 12.1 Å². The van der Waals surface area contributed by atoms with Crippen molar-refractivity contribution in [1.29, 1.82) is 0 Å². The summed E-state index contributed by atoms with van der Waals surface area (Å²) in [5, 5.41) is 0. The van der Waals surface area contributed by atoms with Crippen LogP contribution >= 0.6 is 12.4 Å². The van der Waals surface area contributed by atoms with Gasteiger partial charge in [-0.05, 0) is 12.1 Å². The molecule has 70 valence electrons. The summed E-state index contributed by atoms with van der Waals surface area (Å²) in [4.78, 5) is 9.72. The van der Waals surface area contributed by atoms with Crippen molar-refractivity contribution in [2.75, 3.05) is 0 Å². The Bertz CT molecular complexity index is 409. The molecule has 0 aliphatic heterocycles. The molecule has 0 aliphatic rings. The Morgan fingerprint density at radius 3 is 2.15 bits per heavy atom. The van der Waals surface area contributed by atoms with E-state index in [0.717, 1.165) is 6.08 Å². The van der Waals surface area contributed by atoms with Crippen LogP contribution in [0.1, 0.15) is 0 Å². The van der Waals surface area contributed by atoms with Gasteiger partial charge in [-0.25, -0.2) is 4.79 Å². The van der Waals surface area contributed by atoms with E-state index in [-0.39, 0.29) is 17.3 Å². The summed E-state index contributed by atoms with van der Waals surface area (Å²) >= 11 is 0. The van der Waals surface area contributed by atoms with Gasteiger partial charge in [0.1, 0.15) is 0 Å². The lowest BCUT2D eigenvalue weighted by atomic mass is 10.4. The van der Waals surface area contributed by atoms with Gasteiger partial charge in [-0.2, -0.15) is 8.42 Å². The van der Waals surface area contributed by atoms with Gasteiger partial charge in [0.25, 0.3) is 16.1 Å². The molecule has 0 heterocycles. The van der Waals surface area contributed by atoms with Crippen LogP contribution in [0.3, 0.4) is 0 Å². The van der Waals surface area contributed by atoms with Gasteiger partial charge in [0.2, 0.25) is 0 Å². The van der Waals surface area contributed by atoms with Gasteiger partial charge in [0.05, 0.1) is 4.90 Å². The van der Waals surface area contributed by atoms with Crippen molar-refractivity contribution in [1.82, 2.24) is 0 Å². The maximum atomic E-state index is 11.0. The SMILES string of the molecule is Cl.O=C=NS(=O)(=O)c1ccccc1. The summed E-state index contributed by atoms with van der Waals surface area (Å²) in [6.07, 6.45) is 0.993. The molecule has 0 fully saturated rings. The van der Waals surface area contributed by atoms with Crippen molar-refractivity contribution < 1.29 is 13.2 Å². The van der Waals surface area contributed by atoms with E-state index in [1.54, 1.807) is 18.2 Å². The zero-order chi connectivity index (χ0) is 9.03. The molecule has 0 unspecified atom stereocenters. The van der Waals surface area contributed by atoms with Gasteiger partial charge in [0, 0.05) is 0 Å². The third-order valence-corrected chi connectivity index (χ3v) is 2.38. The summed E-state index contributed by atoms with van der Waals surface area (Å²) in [7, 11) is -3.81. The molecule has 1 aromatic rings. The lowest BCUT2D eigenvalue weighted by Gasteiger charge is -1.92. The molecule has 0 N–H and O–H groups in total. The predicted molar refractivity (Wildman–Crippen MR) is 49.0 cm³/mol. The molecule has 0 amide bonds. The fourth-order valence-corrected chi connectivity index (χ4v) is 1.40. The van der Waals surface area contributed by atoms with Crippen LogP contribution in [0, 0.1) is 0 Å². The molecule has 0 aliphatic carbocycles. The largest absolute Gasteiger partial charge is 0.292 e. The van der Waals surface area contributed by atoms with Crippen molar-refractivity contribution in [3.63, 3.8) is 0 Å². The fourth-order valence-electron chi connectivity index (χ4n) is 0.694. The van der Waals surface area contributed by atoms with Crippen molar-refractivity contribution in [3.8, 4) is 0 Å². The highest BCUT2D eigenvalue weighted by atomic mass is 35.5. The number of carbonyl (C=O) groups excluding carboxylic acids is 1. The summed E-state index contributed by atoms with van der Waals surface area (Å²) in [6.45, 7) is 0. The zero-order valence-electron chi connectivity index (χ0n) is 6.38. The third kappa shape index (κ3) is 2.99. The monoisotopic (exact) mass is 219 g/mol. The number of benzene rings is 1. The minimum atomic E-state index is -3.81. The lowest BCUT2D eigenvalue weighted by Crippen LogP contribution is -1.94. The quantitative estimate of drug-likeness (QED) is 0.553. The highest BCUT2D eigenvalue weighted by Crippen LogP contribution is 2.09. The Labute approximate surface area is 81.8 Å². The number of sulfonamides is 1. The Kier molecular flexibility index (Phi) is 4.34. The van der Waals surface area contributed by atoms with E-state index in [1.807, 2.05) is 0 Å². The summed E-state index contributed by atoms with van der Waals surface area (Å²) in [5.74, 6) is 0. The maximum absolute atomic E-state index is 11.0. The molecule has 13 heavy (non-hydrogen) atoms. The maximum Gasteiger partial charge on any atom is 0.292 e. The molecule has 0 radical (unpaired) electrons. The minimum absolute atomic E-state index is 0. The lowest BCUT2D eigenvalue weighted by molar-refractivity contribution is 0.563. The van der Waals surface area contributed by atoms with Gasteiger partial charge < -0.3 is 0 Å².